The van der Waals surface area contributed by atoms with Crippen LogP contribution in [0.3, 0.4) is 0 Å². The van der Waals surface area contributed by atoms with E-state index in [9.17, 15) is 0 Å². The number of nitrogens with zero attached hydrogens (tertiary/aromatic N) is 4. The lowest BCUT2D eigenvalue weighted by Gasteiger charge is -2.06. The maximum absolute atomic E-state index is 2.54. The first kappa shape index (κ1) is 45.6. The standard InChI is InChI=1S/C47H90N4/c1-5-8-10-12-14-16-18-20-22-24-26-28-30-32-34-36-38-40-50-43-42-48(4)46(50)47-49(7-3)44-45-51(47)41-39-37-35-33-31-29-27-25-23-21-19-17-15-13-11-9-6-2/h42-45H,5-41H2,1-4H3/q+2. The molecule has 0 bridgehead atoms. The Morgan fingerprint density at radius 3 is 1.08 bits per heavy atom. The van der Waals surface area contributed by atoms with Crippen LogP contribution in [0, 0.1) is 0 Å². The highest BCUT2D eigenvalue weighted by atomic mass is 15.2. The zero-order chi connectivity index (χ0) is 36.5. The zero-order valence-electron chi connectivity index (χ0n) is 35.3. The van der Waals surface area contributed by atoms with Gasteiger partial charge in [0.2, 0.25) is 0 Å². The molecule has 0 aliphatic rings. The van der Waals surface area contributed by atoms with E-state index in [1.165, 1.54) is 230 Å². The van der Waals surface area contributed by atoms with Gasteiger partial charge in [0, 0.05) is 0 Å². The van der Waals surface area contributed by atoms with Gasteiger partial charge in [0.25, 0.3) is 0 Å². The van der Waals surface area contributed by atoms with E-state index in [-0.39, 0.29) is 0 Å². The van der Waals surface area contributed by atoms with Crippen LogP contribution in [-0.4, -0.2) is 9.13 Å². The van der Waals surface area contributed by atoms with Crippen LogP contribution in [0.5, 0.6) is 0 Å². The highest BCUT2D eigenvalue weighted by molar-refractivity contribution is 5.36. The molecular formula is C47H90N4+2. The molecule has 51 heavy (non-hydrogen) atoms. The Labute approximate surface area is 319 Å². The number of imidazole rings is 2. The minimum absolute atomic E-state index is 1.02. The largest absolute Gasteiger partial charge is 0.373 e. The van der Waals surface area contributed by atoms with Crippen molar-refractivity contribution in [1.82, 2.24) is 9.13 Å². The summed E-state index contributed by atoms with van der Waals surface area (Å²) in [5.41, 5.74) is 0. The van der Waals surface area contributed by atoms with Crippen LogP contribution < -0.4 is 9.13 Å². The van der Waals surface area contributed by atoms with E-state index in [0.29, 0.717) is 0 Å². The molecule has 4 nitrogen and oxygen atoms in total. The van der Waals surface area contributed by atoms with Crippen molar-refractivity contribution in [2.24, 2.45) is 7.05 Å². The van der Waals surface area contributed by atoms with Crippen LogP contribution in [0.1, 0.15) is 239 Å². The summed E-state index contributed by atoms with van der Waals surface area (Å²) in [6.45, 7) is 10.2. The maximum atomic E-state index is 2.54. The molecule has 0 spiro atoms. The van der Waals surface area contributed by atoms with Gasteiger partial charge in [-0.3, -0.25) is 0 Å². The molecule has 0 aliphatic carbocycles. The van der Waals surface area contributed by atoms with Crippen molar-refractivity contribution in [2.75, 3.05) is 0 Å². The first-order valence-electron chi connectivity index (χ1n) is 23.4. The van der Waals surface area contributed by atoms with Gasteiger partial charge in [0.15, 0.2) is 0 Å². The van der Waals surface area contributed by atoms with E-state index < -0.39 is 0 Å². The second kappa shape index (κ2) is 33.0. The molecule has 2 rings (SSSR count). The molecule has 0 radical (unpaired) electrons. The fourth-order valence-corrected chi connectivity index (χ4v) is 8.16. The van der Waals surface area contributed by atoms with E-state index in [2.05, 4.69) is 70.9 Å². The third-order valence-electron chi connectivity index (χ3n) is 11.6. The van der Waals surface area contributed by atoms with Crippen LogP contribution >= 0.6 is 0 Å². The molecule has 0 unspecified atom stereocenters. The Kier molecular flexibility index (Phi) is 29.5. The minimum atomic E-state index is 1.02. The highest BCUT2D eigenvalue weighted by Gasteiger charge is 2.30. The van der Waals surface area contributed by atoms with Crippen molar-refractivity contribution in [3.8, 4) is 11.6 Å². The van der Waals surface area contributed by atoms with Gasteiger partial charge in [0.1, 0.15) is 24.8 Å². The second-order valence-electron chi connectivity index (χ2n) is 16.3. The van der Waals surface area contributed by atoms with Crippen LogP contribution in [-0.2, 0) is 26.7 Å². The van der Waals surface area contributed by atoms with Crippen molar-refractivity contribution < 1.29 is 9.13 Å². The number of hydrogen-bond acceptors (Lipinski definition) is 0. The average molecular weight is 711 g/mol. The number of unbranched alkanes of at least 4 members (excludes halogenated alkanes) is 32. The van der Waals surface area contributed by atoms with Gasteiger partial charge >= 0.3 is 11.6 Å². The Morgan fingerprint density at radius 2 is 0.706 bits per heavy atom. The Bertz CT molecular complexity index is 1020. The topological polar surface area (TPSA) is 17.6 Å². The Hall–Kier alpha value is -1.58. The number of rotatable bonds is 38. The van der Waals surface area contributed by atoms with E-state index in [1.807, 2.05) is 0 Å². The predicted molar refractivity (Wildman–Crippen MR) is 223 cm³/mol. The lowest BCUT2D eigenvalue weighted by atomic mass is 10.0. The summed E-state index contributed by atoms with van der Waals surface area (Å²) in [6.07, 6.45) is 57.8. The van der Waals surface area contributed by atoms with E-state index in [1.54, 1.807) is 0 Å². The monoisotopic (exact) mass is 711 g/mol. The lowest BCUT2D eigenvalue weighted by Crippen LogP contribution is -2.41. The molecular weight excluding hydrogens is 621 g/mol. The molecule has 0 saturated heterocycles. The first-order valence-corrected chi connectivity index (χ1v) is 23.4. The molecule has 296 valence electrons. The summed E-state index contributed by atoms with van der Waals surface area (Å²) >= 11 is 0. The second-order valence-corrected chi connectivity index (χ2v) is 16.3. The summed E-state index contributed by atoms with van der Waals surface area (Å²) in [7, 11) is 2.23. The summed E-state index contributed by atoms with van der Waals surface area (Å²) in [5.74, 6) is 2.75. The Morgan fingerprint density at radius 1 is 0.373 bits per heavy atom. The third-order valence-corrected chi connectivity index (χ3v) is 11.6. The molecule has 0 aliphatic heterocycles. The summed E-state index contributed by atoms with van der Waals surface area (Å²) in [5, 5.41) is 0. The Balaban J connectivity index is 1.53. The van der Waals surface area contributed by atoms with Gasteiger partial charge in [-0.25, -0.2) is 18.3 Å². The SMILES string of the molecule is CCCCCCCCCCCCCCCCCCCn1cc[n+](C)c1-c1n(CC)cc[n+]1CCCCCCCCCCCCCCCCCCC. The van der Waals surface area contributed by atoms with Crippen molar-refractivity contribution in [3.63, 3.8) is 0 Å². The summed E-state index contributed by atoms with van der Waals surface area (Å²) < 4.78 is 9.86. The van der Waals surface area contributed by atoms with Crippen LogP contribution in [0.4, 0.5) is 0 Å². The van der Waals surface area contributed by atoms with Crippen LogP contribution in [0.25, 0.3) is 11.6 Å². The molecule has 0 amide bonds. The summed E-state index contributed by atoms with van der Waals surface area (Å²) in [6, 6.07) is 0. The molecule has 4 heteroatoms. The third kappa shape index (κ3) is 22.3. The summed E-state index contributed by atoms with van der Waals surface area (Å²) in [4.78, 5) is 0. The molecule has 0 N–H and O–H groups in total. The minimum Gasteiger partial charge on any atom is -0.226 e. The van der Waals surface area contributed by atoms with Gasteiger partial charge in [-0.05, 0) is 32.6 Å². The van der Waals surface area contributed by atoms with E-state index in [4.69, 9.17) is 0 Å². The van der Waals surface area contributed by atoms with Crippen molar-refractivity contribution in [2.45, 2.75) is 259 Å². The van der Waals surface area contributed by atoms with Crippen molar-refractivity contribution in [3.05, 3.63) is 24.8 Å². The van der Waals surface area contributed by atoms with Gasteiger partial charge < -0.3 is 0 Å². The van der Waals surface area contributed by atoms with E-state index in [0.717, 1.165) is 19.6 Å². The normalized spacial score (nSPS) is 11.7. The number of aryl methyl sites for hydroxylation is 4. The fraction of sp³-hybridized carbons (Fsp3) is 0.872. The van der Waals surface area contributed by atoms with Crippen molar-refractivity contribution >= 4 is 0 Å². The number of hydrogen-bond donors (Lipinski definition) is 0. The zero-order valence-corrected chi connectivity index (χ0v) is 35.3. The molecule has 2 aromatic rings. The van der Waals surface area contributed by atoms with Gasteiger partial charge in [-0.15, -0.1) is 0 Å². The fourth-order valence-electron chi connectivity index (χ4n) is 8.16. The van der Waals surface area contributed by atoms with Gasteiger partial charge in [-0.2, -0.15) is 0 Å². The molecule has 2 heterocycles. The molecule has 2 aromatic heterocycles. The highest BCUT2D eigenvalue weighted by Crippen LogP contribution is 2.18. The molecule has 0 atom stereocenters. The van der Waals surface area contributed by atoms with Gasteiger partial charge in [-0.1, -0.05) is 206 Å². The molecule has 0 fully saturated rings. The smallest absolute Gasteiger partial charge is 0.226 e. The lowest BCUT2D eigenvalue weighted by molar-refractivity contribution is -0.705. The predicted octanol–water partition coefficient (Wildman–Crippen LogP) is 14.4. The van der Waals surface area contributed by atoms with E-state index >= 15 is 0 Å². The van der Waals surface area contributed by atoms with Crippen LogP contribution in [0.15, 0.2) is 24.8 Å². The molecule has 0 aromatic carbocycles. The van der Waals surface area contributed by atoms with Crippen molar-refractivity contribution in [1.29, 1.82) is 0 Å². The average Bonchev–Trinajstić information content (AvgIpc) is 3.72. The maximum Gasteiger partial charge on any atom is 0.373 e. The molecule has 0 saturated carbocycles. The van der Waals surface area contributed by atoms with Crippen LogP contribution in [0.2, 0.25) is 0 Å². The van der Waals surface area contributed by atoms with Gasteiger partial charge in [0.05, 0.1) is 26.7 Å². The first-order chi connectivity index (χ1) is 25.2. The number of aromatic nitrogens is 4. The quantitative estimate of drug-likeness (QED) is 0.0488.